The smallest absolute Gasteiger partial charge is 0.170 e. The summed E-state index contributed by atoms with van der Waals surface area (Å²) >= 11 is 0. The zero-order valence-electron chi connectivity index (χ0n) is 11.3. The summed E-state index contributed by atoms with van der Waals surface area (Å²) in [6, 6.07) is 6.09. The third kappa shape index (κ3) is 2.15. The van der Waals surface area contributed by atoms with Gasteiger partial charge in [-0.2, -0.15) is 0 Å². The number of oxime groups is 1. The predicted octanol–water partition coefficient (Wildman–Crippen LogP) is 2.47. The van der Waals surface area contributed by atoms with E-state index in [0.717, 1.165) is 17.7 Å². The molecule has 0 saturated carbocycles. The Hall–Kier alpha value is -1.71. The number of nitrogens with two attached hydrogens (primary N) is 1. The molecule has 4 nitrogen and oxygen atoms in total. The van der Waals surface area contributed by atoms with Crippen molar-refractivity contribution in [2.24, 2.45) is 10.9 Å². The quantitative estimate of drug-likeness (QED) is 0.365. The van der Waals surface area contributed by atoms with E-state index in [0.29, 0.717) is 0 Å². The van der Waals surface area contributed by atoms with Gasteiger partial charge in [-0.15, -0.1) is 0 Å². The summed E-state index contributed by atoms with van der Waals surface area (Å²) in [7, 11) is 0. The summed E-state index contributed by atoms with van der Waals surface area (Å²) in [6.07, 6.45) is 2.45. The van der Waals surface area contributed by atoms with Crippen molar-refractivity contribution < 1.29 is 5.21 Å². The van der Waals surface area contributed by atoms with Gasteiger partial charge >= 0.3 is 0 Å². The number of nitrogens with zero attached hydrogens (tertiary/aromatic N) is 2. The number of amidine groups is 1. The molecule has 0 radical (unpaired) electrons. The second kappa shape index (κ2) is 4.52. The van der Waals surface area contributed by atoms with E-state index in [1.54, 1.807) is 0 Å². The minimum absolute atomic E-state index is 0.166. The summed E-state index contributed by atoms with van der Waals surface area (Å²) < 4.78 is 0. The van der Waals surface area contributed by atoms with Gasteiger partial charge in [0, 0.05) is 23.3 Å². The van der Waals surface area contributed by atoms with Crippen molar-refractivity contribution in [2.75, 3.05) is 11.4 Å². The molecule has 2 rings (SSSR count). The second-order valence-electron chi connectivity index (χ2n) is 5.55. The van der Waals surface area contributed by atoms with Crippen LogP contribution in [0.15, 0.2) is 23.4 Å². The maximum atomic E-state index is 8.73. The van der Waals surface area contributed by atoms with Crippen molar-refractivity contribution >= 4 is 11.5 Å². The number of aryl methyl sites for hydroxylation is 1. The van der Waals surface area contributed by atoms with Crippen LogP contribution >= 0.6 is 0 Å². The number of rotatable bonds is 2. The van der Waals surface area contributed by atoms with Crippen LogP contribution in [0.5, 0.6) is 0 Å². The molecule has 4 heteroatoms. The molecular weight excluding hydrogens is 226 g/mol. The third-order valence-corrected chi connectivity index (χ3v) is 3.81. The highest BCUT2D eigenvalue weighted by molar-refractivity contribution is 5.98. The van der Waals surface area contributed by atoms with Crippen molar-refractivity contribution in [3.63, 3.8) is 0 Å². The molecule has 1 aliphatic rings. The minimum Gasteiger partial charge on any atom is -0.409 e. The van der Waals surface area contributed by atoms with Crippen LogP contribution in [0.2, 0.25) is 0 Å². The first-order chi connectivity index (χ1) is 8.45. The number of anilines is 1. The van der Waals surface area contributed by atoms with E-state index in [1.807, 2.05) is 19.1 Å². The lowest BCUT2D eigenvalue weighted by Crippen LogP contribution is -2.38. The average Bonchev–Trinajstić information content (AvgIpc) is 2.68. The molecule has 0 aliphatic carbocycles. The molecule has 0 atom stereocenters. The first kappa shape index (κ1) is 12.7. The number of benzene rings is 1. The Morgan fingerprint density at radius 2 is 2.17 bits per heavy atom. The Morgan fingerprint density at radius 3 is 2.67 bits per heavy atom. The van der Waals surface area contributed by atoms with Crippen molar-refractivity contribution in [3.05, 3.63) is 29.3 Å². The number of hydrogen-bond donors (Lipinski definition) is 2. The second-order valence-corrected chi connectivity index (χ2v) is 5.55. The van der Waals surface area contributed by atoms with E-state index in [4.69, 9.17) is 10.9 Å². The number of hydrogen-bond acceptors (Lipinski definition) is 3. The van der Waals surface area contributed by atoms with Crippen LogP contribution in [0, 0.1) is 6.92 Å². The summed E-state index contributed by atoms with van der Waals surface area (Å²) in [5, 5.41) is 11.8. The van der Waals surface area contributed by atoms with Gasteiger partial charge in [-0.1, -0.05) is 5.16 Å². The van der Waals surface area contributed by atoms with Gasteiger partial charge in [-0.05, 0) is 57.4 Å². The molecule has 0 amide bonds. The zero-order chi connectivity index (χ0) is 13.3. The summed E-state index contributed by atoms with van der Waals surface area (Å²) in [4.78, 5) is 2.43. The third-order valence-electron chi connectivity index (χ3n) is 3.81. The first-order valence-corrected chi connectivity index (χ1v) is 6.32. The van der Waals surface area contributed by atoms with Gasteiger partial charge in [0.05, 0.1) is 0 Å². The summed E-state index contributed by atoms with van der Waals surface area (Å²) in [6.45, 7) is 7.62. The molecular formula is C14H21N3O. The van der Waals surface area contributed by atoms with Crippen molar-refractivity contribution in [2.45, 2.75) is 39.2 Å². The van der Waals surface area contributed by atoms with E-state index in [1.165, 1.54) is 18.5 Å². The van der Waals surface area contributed by atoms with Crippen molar-refractivity contribution in [3.8, 4) is 0 Å². The highest BCUT2D eigenvalue weighted by atomic mass is 16.4. The van der Waals surface area contributed by atoms with Crippen molar-refractivity contribution in [1.82, 2.24) is 0 Å². The van der Waals surface area contributed by atoms with Crippen LogP contribution < -0.4 is 10.6 Å². The van der Waals surface area contributed by atoms with Crippen LogP contribution in [0.3, 0.4) is 0 Å². The van der Waals surface area contributed by atoms with Crippen LogP contribution in [0.25, 0.3) is 0 Å². The van der Waals surface area contributed by atoms with Gasteiger partial charge in [0.2, 0.25) is 0 Å². The fraction of sp³-hybridized carbons (Fsp3) is 0.500. The molecule has 1 heterocycles. The Kier molecular flexibility index (Phi) is 3.20. The van der Waals surface area contributed by atoms with Gasteiger partial charge in [0.25, 0.3) is 0 Å². The fourth-order valence-corrected chi connectivity index (χ4v) is 2.74. The molecule has 3 N–H and O–H groups in total. The highest BCUT2D eigenvalue weighted by Gasteiger charge is 2.32. The minimum atomic E-state index is 0.166. The monoisotopic (exact) mass is 247 g/mol. The normalized spacial score (nSPS) is 19.3. The van der Waals surface area contributed by atoms with E-state index in [-0.39, 0.29) is 11.4 Å². The van der Waals surface area contributed by atoms with Gasteiger partial charge < -0.3 is 15.8 Å². The highest BCUT2D eigenvalue weighted by Crippen LogP contribution is 2.34. The summed E-state index contributed by atoms with van der Waals surface area (Å²) in [5.41, 5.74) is 8.89. The lowest BCUT2D eigenvalue weighted by Gasteiger charge is -2.34. The Labute approximate surface area is 108 Å². The van der Waals surface area contributed by atoms with E-state index in [2.05, 4.69) is 30.0 Å². The maximum Gasteiger partial charge on any atom is 0.170 e. The van der Waals surface area contributed by atoms with Gasteiger partial charge in [-0.25, -0.2) is 0 Å². The first-order valence-electron chi connectivity index (χ1n) is 6.32. The molecule has 0 unspecified atom stereocenters. The lowest BCUT2D eigenvalue weighted by molar-refractivity contribution is 0.318. The van der Waals surface area contributed by atoms with E-state index >= 15 is 0 Å². The van der Waals surface area contributed by atoms with Crippen LogP contribution in [-0.4, -0.2) is 23.1 Å². The standard InChI is InChI=1S/C14H21N3O/c1-10-9-11(5-6-12(10)13(15)16-18)17-8-4-7-14(17,2)3/h5-6,9,18H,4,7-8H2,1-3H3,(H2,15,16). The van der Waals surface area contributed by atoms with Crippen LogP contribution in [-0.2, 0) is 0 Å². The fourth-order valence-electron chi connectivity index (χ4n) is 2.74. The topological polar surface area (TPSA) is 61.8 Å². The van der Waals surface area contributed by atoms with Gasteiger partial charge in [-0.3, -0.25) is 0 Å². The van der Waals surface area contributed by atoms with Crippen LogP contribution in [0.4, 0.5) is 5.69 Å². The lowest BCUT2D eigenvalue weighted by atomic mass is 10.0. The molecule has 1 aromatic rings. The Morgan fingerprint density at radius 1 is 1.44 bits per heavy atom. The molecule has 1 aromatic carbocycles. The SMILES string of the molecule is Cc1cc(N2CCCC2(C)C)ccc1/C(N)=N/O. The maximum absolute atomic E-state index is 8.73. The average molecular weight is 247 g/mol. The molecule has 0 bridgehead atoms. The van der Waals surface area contributed by atoms with E-state index < -0.39 is 0 Å². The Bertz CT molecular complexity index is 480. The molecule has 0 spiro atoms. The van der Waals surface area contributed by atoms with Gasteiger partial charge in [0.1, 0.15) is 0 Å². The van der Waals surface area contributed by atoms with Crippen molar-refractivity contribution in [1.29, 1.82) is 0 Å². The predicted molar refractivity (Wildman–Crippen MR) is 74.3 cm³/mol. The molecule has 18 heavy (non-hydrogen) atoms. The van der Waals surface area contributed by atoms with Gasteiger partial charge in [0.15, 0.2) is 5.84 Å². The molecule has 0 aromatic heterocycles. The summed E-state index contributed by atoms with van der Waals surface area (Å²) in [5.74, 6) is 0.166. The zero-order valence-corrected chi connectivity index (χ0v) is 11.3. The molecule has 1 fully saturated rings. The van der Waals surface area contributed by atoms with Crippen LogP contribution in [0.1, 0.15) is 37.8 Å². The molecule has 1 saturated heterocycles. The molecule has 98 valence electrons. The largest absolute Gasteiger partial charge is 0.409 e. The van der Waals surface area contributed by atoms with E-state index in [9.17, 15) is 0 Å². The molecule has 1 aliphatic heterocycles. The Balaban J connectivity index is 2.35.